The summed E-state index contributed by atoms with van der Waals surface area (Å²) in [6, 6.07) is 15.9. The third-order valence-corrected chi connectivity index (χ3v) is 3.49. The van der Waals surface area contributed by atoms with Crippen molar-refractivity contribution in [2.75, 3.05) is 5.32 Å². The molecule has 0 aliphatic heterocycles. The quantitative estimate of drug-likeness (QED) is 0.809. The summed E-state index contributed by atoms with van der Waals surface area (Å²) < 4.78 is 0. The zero-order chi connectivity index (χ0) is 14.4. The maximum Gasteiger partial charge on any atom is 0.103 e. The second-order valence-electron chi connectivity index (χ2n) is 4.70. The van der Waals surface area contributed by atoms with Crippen LogP contribution in [-0.2, 0) is 6.42 Å². The van der Waals surface area contributed by atoms with Gasteiger partial charge in [-0.25, -0.2) is 0 Å². The summed E-state index contributed by atoms with van der Waals surface area (Å²) in [6.07, 6.45) is 3.52. The minimum atomic E-state index is 0.470. The molecule has 0 saturated heterocycles. The van der Waals surface area contributed by atoms with Crippen LogP contribution in [0.25, 0.3) is 0 Å². The van der Waals surface area contributed by atoms with E-state index in [1.807, 2.05) is 24.3 Å². The topological polar surface area (TPSA) is 35.8 Å². The number of unbranched alkanes of at least 4 members (excludes halogenated alkanes) is 1. The Balaban J connectivity index is 2.15. The van der Waals surface area contributed by atoms with E-state index in [-0.39, 0.29) is 0 Å². The van der Waals surface area contributed by atoms with Gasteiger partial charge in [0.1, 0.15) is 6.07 Å². The van der Waals surface area contributed by atoms with Crippen LogP contribution in [0.4, 0.5) is 11.4 Å². The number of halogens is 1. The number of nitrogens with one attached hydrogen (secondary N) is 1. The van der Waals surface area contributed by atoms with E-state index in [1.54, 1.807) is 6.07 Å². The minimum absolute atomic E-state index is 0.470. The highest BCUT2D eigenvalue weighted by atomic mass is 35.5. The Kier molecular flexibility index (Phi) is 5.03. The maximum absolute atomic E-state index is 9.14. The molecule has 0 spiro atoms. The van der Waals surface area contributed by atoms with E-state index in [9.17, 15) is 0 Å². The van der Waals surface area contributed by atoms with Crippen LogP contribution < -0.4 is 5.32 Å². The smallest absolute Gasteiger partial charge is 0.103 e. The van der Waals surface area contributed by atoms with E-state index in [1.165, 1.54) is 18.4 Å². The molecule has 2 nitrogen and oxygen atoms in total. The van der Waals surface area contributed by atoms with Crippen LogP contribution in [0.3, 0.4) is 0 Å². The van der Waals surface area contributed by atoms with Gasteiger partial charge in [-0.2, -0.15) is 5.26 Å². The predicted octanol–water partition coefficient (Wildman–Crippen LogP) is 5.30. The van der Waals surface area contributed by atoms with Crippen molar-refractivity contribution in [3.05, 3.63) is 58.6 Å². The minimum Gasteiger partial charge on any atom is -0.354 e. The highest BCUT2D eigenvalue weighted by Crippen LogP contribution is 2.26. The Morgan fingerprint density at radius 2 is 1.90 bits per heavy atom. The molecule has 0 atom stereocenters. The van der Waals surface area contributed by atoms with Crippen molar-refractivity contribution in [2.24, 2.45) is 0 Å². The number of rotatable bonds is 5. The van der Waals surface area contributed by atoms with Gasteiger partial charge in [0.15, 0.2) is 0 Å². The predicted molar refractivity (Wildman–Crippen MR) is 84.5 cm³/mol. The van der Waals surface area contributed by atoms with Gasteiger partial charge in [-0.15, -0.1) is 0 Å². The molecule has 2 aromatic rings. The van der Waals surface area contributed by atoms with Crippen LogP contribution in [0.2, 0.25) is 5.02 Å². The average molecular weight is 285 g/mol. The molecule has 20 heavy (non-hydrogen) atoms. The lowest BCUT2D eigenvalue weighted by molar-refractivity contribution is 0.795. The fraction of sp³-hybridized carbons (Fsp3) is 0.235. The van der Waals surface area contributed by atoms with E-state index < -0.39 is 0 Å². The molecule has 1 N–H and O–H groups in total. The van der Waals surface area contributed by atoms with E-state index in [0.717, 1.165) is 17.8 Å². The second-order valence-corrected chi connectivity index (χ2v) is 5.11. The number of hydrogen-bond acceptors (Lipinski definition) is 2. The standard InChI is InChI=1S/C17H17ClN2/c1-2-3-5-13-8-10-14(11-9-13)20-17-7-4-6-16(18)15(17)12-19/h4,6-11,20H,2-3,5H2,1H3. The first-order valence-electron chi connectivity index (χ1n) is 6.79. The lowest BCUT2D eigenvalue weighted by atomic mass is 10.1. The Hall–Kier alpha value is -1.98. The van der Waals surface area contributed by atoms with Gasteiger partial charge in [0.25, 0.3) is 0 Å². The maximum atomic E-state index is 9.14. The Bertz CT molecular complexity index is 612. The summed E-state index contributed by atoms with van der Waals surface area (Å²) >= 11 is 6.02. The van der Waals surface area contributed by atoms with Gasteiger partial charge in [0.2, 0.25) is 0 Å². The number of aryl methyl sites for hydroxylation is 1. The molecule has 2 rings (SSSR count). The van der Waals surface area contributed by atoms with E-state index in [4.69, 9.17) is 16.9 Å². The fourth-order valence-electron chi connectivity index (χ4n) is 2.03. The number of hydrogen-bond donors (Lipinski definition) is 1. The number of nitrogens with zero attached hydrogens (tertiary/aromatic N) is 1. The van der Waals surface area contributed by atoms with Crippen LogP contribution in [0, 0.1) is 11.3 Å². The van der Waals surface area contributed by atoms with Gasteiger partial charge in [-0.3, -0.25) is 0 Å². The lowest BCUT2D eigenvalue weighted by Gasteiger charge is -2.10. The van der Waals surface area contributed by atoms with Crippen molar-refractivity contribution in [1.82, 2.24) is 0 Å². The van der Waals surface area contributed by atoms with Crippen LogP contribution >= 0.6 is 11.6 Å². The molecule has 0 unspecified atom stereocenters. The number of nitriles is 1. The summed E-state index contributed by atoms with van der Waals surface area (Å²) in [5.74, 6) is 0. The van der Waals surface area contributed by atoms with Crippen molar-refractivity contribution in [3.63, 3.8) is 0 Å². The first-order valence-corrected chi connectivity index (χ1v) is 7.17. The first-order chi connectivity index (χ1) is 9.74. The van der Waals surface area contributed by atoms with E-state index >= 15 is 0 Å². The highest BCUT2D eigenvalue weighted by molar-refractivity contribution is 6.32. The van der Waals surface area contributed by atoms with Gasteiger partial charge < -0.3 is 5.32 Å². The van der Waals surface area contributed by atoms with Gasteiger partial charge in [0.05, 0.1) is 16.3 Å². The zero-order valence-electron chi connectivity index (χ0n) is 11.5. The van der Waals surface area contributed by atoms with Crippen molar-refractivity contribution < 1.29 is 0 Å². The molecule has 102 valence electrons. The van der Waals surface area contributed by atoms with Gasteiger partial charge in [-0.1, -0.05) is 43.1 Å². The Labute approximate surface area is 125 Å². The number of anilines is 2. The summed E-state index contributed by atoms with van der Waals surface area (Å²) in [5.41, 5.74) is 3.51. The van der Waals surface area contributed by atoms with E-state index in [2.05, 4.69) is 30.4 Å². The average Bonchev–Trinajstić information content (AvgIpc) is 2.47. The summed E-state index contributed by atoms with van der Waals surface area (Å²) in [7, 11) is 0. The molecule has 0 heterocycles. The van der Waals surface area contributed by atoms with Gasteiger partial charge in [0, 0.05) is 5.69 Å². The Morgan fingerprint density at radius 3 is 2.55 bits per heavy atom. The fourth-order valence-corrected chi connectivity index (χ4v) is 2.25. The third-order valence-electron chi connectivity index (χ3n) is 3.18. The summed E-state index contributed by atoms with van der Waals surface area (Å²) in [5, 5.41) is 12.9. The molecule has 3 heteroatoms. The zero-order valence-corrected chi connectivity index (χ0v) is 12.2. The van der Waals surface area contributed by atoms with Crippen LogP contribution in [-0.4, -0.2) is 0 Å². The van der Waals surface area contributed by atoms with Crippen molar-refractivity contribution in [2.45, 2.75) is 26.2 Å². The van der Waals surface area contributed by atoms with Crippen molar-refractivity contribution >= 4 is 23.0 Å². The number of benzene rings is 2. The largest absolute Gasteiger partial charge is 0.354 e. The molecular formula is C17H17ClN2. The van der Waals surface area contributed by atoms with Crippen LogP contribution in [0.15, 0.2) is 42.5 Å². The first kappa shape index (κ1) is 14.4. The molecule has 0 fully saturated rings. The molecular weight excluding hydrogens is 268 g/mol. The molecule has 2 aromatic carbocycles. The molecule has 0 aliphatic carbocycles. The Morgan fingerprint density at radius 1 is 1.15 bits per heavy atom. The van der Waals surface area contributed by atoms with Crippen LogP contribution in [0.5, 0.6) is 0 Å². The van der Waals surface area contributed by atoms with E-state index in [0.29, 0.717) is 10.6 Å². The summed E-state index contributed by atoms with van der Waals surface area (Å²) in [6.45, 7) is 2.19. The molecule has 0 bridgehead atoms. The molecule has 0 amide bonds. The normalized spacial score (nSPS) is 10.1. The lowest BCUT2D eigenvalue weighted by Crippen LogP contribution is -1.94. The molecule has 0 aromatic heterocycles. The highest BCUT2D eigenvalue weighted by Gasteiger charge is 2.06. The third kappa shape index (κ3) is 3.53. The SMILES string of the molecule is CCCCc1ccc(Nc2cccc(Cl)c2C#N)cc1. The second kappa shape index (κ2) is 6.98. The molecule has 0 radical (unpaired) electrons. The molecule has 0 aliphatic rings. The molecule has 0 saturated carbocycles. The van der Waals surface area contributed by atoms with Gasteiger partial charge in [-0.05, 0) is 42.7 Å². The van der Waals surface area contributed by atoms with Crippen molar-refractivity contribution in [3.8, 4) is 6.07 Å². The monoisotopic (exact) mass is 284 g/mol. The summed E-state index contributed by atoms with van der Waals surface area (Å²) in [4.78, 5) is 0. The van der Waals surface area contributed by atoms with Gasteiger partial charge >= 0.3 is 0 Å². The van der Waals surface area contributed by atoms with Crippen LogP contribution in [0.1, 0.15) is 30.9 Å². The van der Waals surface area contributed by atoms with Crippen molar-refractivity contribution in [1.29, 1.82) is 5.26 Å².